The van der Waals surface area contributed by atoms with Crippen molar-refractivity contribution in [2.45, 2.75) is 16.8 Å². The largest absolute Gasteiger partial charge is 0.478 e. The highest BCUT2D eigenvalue weighted by atomic mass is 32.2. The van der Waals surface area contributed by atoms with Crippen LogP contribution in [0.2, 0.25) is 0 Å². The summed E-state index contributed by atoms with van der Waals surface area (Å²) in [5.74, 6) is -0.538. The van der Waals surface area contributed by atoms with Gasteiger partial charge in [0, 0.05) is 0 Å². The predicted molar refractivity (Wildman–Crippen MR) is 87.0 cm³/mol. The molecule has 1 atom stereocenters. The maximum Gasteiger partial charge on any atom is 0.335 e. The first-order chi connectivity index (χ1) is 11.1. The van der Waals surface area contributed by atoms with Crippen LogP contribution >= 0.6 is 23.5 Å². The average Bonchev–Trinajstić information content (AvgIpc) is 3.24. The molecule has 2 aromatic rings. The van der Waals surface area contributed by atoms with Crippen molar-refractivity contribution in [2.24, 2.45) is 0 Å². The first kappa shape index (κ1) is 15.8. The lowest BCUT2D eigenvalue weighted by Crippen LogP contribution is -2.16. The highest BCUT2D eigenvalue weighted by molar-refractivity contribution is 8.04. The Balaban J connectivity index is 1.69. The zero-order valence-corrected chi connectivity index (χ0v) is 13.5. The minimum Gasteiger partial charge on any atom is -0.478 e. The Bertz CT molecular complexity index is 750. The number of benzene rings is 1. The maximum absolute atomic E-state index is 12.1. The first-order valence-electron chi connectivity index (χ1n) is 6.73. The lowest BCUT2D eigenvalue weighted by Gasteiger charge is -2.07. The van der Waals surface area contributed by atoms with Gasteiger partial charge in [0.2, 0.25) is 5.16 Å². The molecule has 0 spiro atoms. The zero-order chi connectivity index (χ0) is 16.2. The van der Waals surface area contributed by atoms with Gasteiger partial charge in [0.15, 0.2) is 5.78 Å². The molecule has 1 N–H and O–H groups in total. The number of ketones is 1. The van der Waals surface area contributed by atoms with E-state index in [1.54, 1.807) is 12.1 Å². The van der Waals surface area contributed by atoms with Crippen molar-refractivity contribution in [2.75, 3.05) is 5.75 Å². The minimum absolute atomic E-state index is 0.0123. The summed E-state index contributed by atoms with van der Waals surface area (Å²) in [6, 6.07) is 6.23. The van der Waals surface area contributed by atoms with Crippen LogP contribution in [0.3, 0.4) is 0 Å². The van der Waals surface area contributed by atoms with E-state index in [-0.39, 0.29) is 16.6 Å². The Morgan fingerprint density at radius 1 is 1.35 bits per heavy atom. The number of aromatic nitrogens is 4. The molecular weight excluding hydrogens is 336 g/mol. The molecule has 0 radical (unpaired) electrons. The molecule has 9 heteroatoms. The van der Waals surface area contributed by atoms with Gasteiger partial charge in [-0.25, -0.2) is 4.79 Å². The second-order valence-corrected chi connectivity index (χ2v) is 6.77. The molecule has 118 valence electrons. The molecule has 7 nitrogen and oxygen atoms in total. The molecule has 3 rings (SSSR count). The molecule has 0 aliphatic carbocycles. The summed E-state index contributed by atoms with van der Waals surface area (Å²) in [4.78, 5) is 23.0. The van der Waals surface area contributed by atoms with Crippen molar-refractivity contribution < 1.29 is 14.7 Å². The number of hydrogen-bond acceptors (Lipinski definition) is 7. The molecule has 0 bridgehead atoms. The summed E-state index contributed by atoms with van der Waals surface area (Å²) >= 11 is 2.81. The number of Topliss-reactive ketones (excluding diaryl/α,β-unsaturated/α-hetero) is 1. The highest BCUT2D eigenvalue weighted by Gasteiger charge is 2.21. The number of aromatic carboxylic acids is 1. The molecule has 2 heterocycles. The number of thioether (sulfide) groups is 2. The van der Waals surface area contributed by atoms with E-state index in [0.29, 0.717) is 16.6 Å². The van der Waals surface area contributed by atoms with Gasteiger partial charge in [0.05, 0.1) is 22.3 Å². The van der Waals surface area contributed by atoms with E-state index in [2.05, 4.69) is 15.5 Å². The van der Waals surface area contributed by atoms with Crippen LogP contribution in [0.5, 0.6) is 0 Å². The number of carboxylic acids is 1. The number of tetrazole rings is 1. The van der Waals surface area contributed by atoms with Crippen molar-refractivity contribution in [1.29, 1.82) is 0 Å². The first-order valence-corrected chi connectivity index (χ1v) is 8.66. The fourth-order valence-corrected chi connectivity index (χ4v) is 3.80. The van der Waals surface area contributed by atoms with Crippen molar-refractivity contribution >= 4 is 35.3 Å². The summed E-state index contributed by atoms with van der Waals surface area (Å²) in [7, 11) is 0. The second kappa shape index (κ2) is 6.97. The fourth-order valence-electron chi connectivity index (χ4n) is 2.00. The third-order valence-corrected chi connectivity index (χ3v) is 5.27. The van der Waals surface area contributed by atoms with Crippen LogP contribution in [0.25, 0.3) is 5.69 Å². The van der Waals surface area contributed by atoms with Crippen LogP contribution in [-0.2, 0) is 4.79 Å². The Morgan fingerprint density at radius 2 is 2.13 bits per heavy atom. The van der Waals surface area contributed by atoms with Gasteiger partial charge in [-0.05, 0) is 46.5 Å². The smallest absolute Gasteiger partial charge is 0.335 e. The number of nitrogens with zero attached hydrogens (tertiary/aromatic N) is 4. The maximum atomic E-state index is 12.1. The Kier molecular flexibility index (Phi) is 4.77. The van der Waals surface area contributed by atoms with E-state index in [0.717, 1.165) is 6.42 Å². The highest BCUT2D eigenvalue weighted by Crippen LogP contribution is 2.27. The molecular formula is C14H12N4O3S2. The van der Waals surface area contributed by atoms with Crippen LogP contribution in [-0.4, -0.2) is 48.1 Å². The molecule has 1 aromatic heterocycles. The third kappa shape index (κ3) is 3.62. The minimum atomic E-state index is -0.990. The standard InChI is InChI=1S/C14H12N4O3S2/c19-11(12-2-1-7-22-12)8-23-14-15-16-17-18(14)10-5-3-9(4-6-10)13(20)21/h1,3-7,12H,2,8H2,(H,20,21). The number of carbonyl (C=O) groups is 2. The van der Waals surface area contributed by atoms with Crippen molar-refractivity contribution in [3.8, 4) is 5.69 Å². The lowest BCUT2D eigenvalue weighted by atomic mass is 10.2. The van der Waals surface area contributed by atoms with Crippen LogP contribution < -0.4 is 0 Å². The molecule has 0 saturated carbocycles. The van der Waals surface area contributed by atoms with E-state index in [9.17, 15) is 9.59 Å². The molecule has 1 aliphatic rings. The van der Waals surface area contributed by atoms with Gasteiger partial charge < -0.3 is 5.11 Å². The SMILES string of the molecule is O=C(O)c1ccc(-n2nnnc2SCC(=O)C2CC=CS2)cc1. The second-order valence-electron chi connectivity index (χ2n) is 4.71. The van der Waals surface area contributed by atoms with Gasteiger partial charge in [-0.15, -0.1) is 16.9 Å². The van der Waals surface area contributed by atoms with E-state index in [1.807, 2.05) is 11.5 Å². The molecule has 1 aromatic carbocycles. The van der Waals surface area contributed by atoms with Crippen molar-refractivity contribution in [1.82, 2.24) is 20.2 Å². The Hall–Kier alpha value is -2.13. The quantitative estimate of drug-likeness (QED) is 0.792. The summed E-state index contributed by atoms with van der Waals surface area (Å²) in [6.07, 6.45) is 2.76. The monoisotopic (exact) mass is 348 g/mol. The van der Waals surface area contributed by atoms with Crippen LogP contribution in [0.15, 0.2) is 40.9 Å². The molecule has 1 aliphatic heterocycles. The fraction of sp³-hybridized carbons (Fsp3) is 0.214. The van der Waals surface area contributed by atoms with Gasteiger partial charge in [-0.1, -0.05) is 17.8 Å². The van der Waals surface area contributed by atoms with Crippen LogP contribution in [0.1, 0.15) is 16.8 Å². The molecule has 0 amide bonds. The number of hydrogen-bond donors (Lipinski definition) is 1. The van der Waals surface area contributed by atoms with Crippen molar-refractivity contribution in [3.05, 3.63) is 41.3 Å². The average molecular weight is 348 g/mol. The summed E-state index contributed by atoms with van der Waals surface area (Å²) < 4.78 is 1.49. The molecule has 1 unspecified atom stereocenters. The Labute approximate surface area is 140 Å². The zero-order valence-electron chi connectivity index (χ0n) is 11.8. The topological polar surface area (TPSA) is 98.0 Å². The molecule has 0 saturated heterocycles. The van der Waals surface area contributed by atoms with E-state index >= 15 is 0 Å². The normalized spacial score (nSPS) is 16.6. The molecule has 0 fully saturated rings. The van der Waals surface area contributed by atoms with Crippen LogP contribution in [0, 0.1) is 0 Å². The number of carboxylic acid groups (broad SMARTS) is 1. The van der Waals surface area contributed by atoms with Gasteiger partial charge in [0.25, 0.3) is 0 Å². The third-order valence-electron chi connectivity index (χ3n) is 3.19. The summed E-state index contributed by atoms with van der Waals surface area (Å²) in [5, 5.41) is 22.8. The summed E-state index contributed by atoms with van der Waals surface area (Å²) in [6.45, 7) is 0. The lowest BCUT2D eigenvalue weighted by molar-refractivity contribution is -0.116. The van der Waals surface area contributed by atoms with E-state index < -0.39 is 5.97 Å². The summed E-state index contributed by atoms with van der Waals surface area (Å²) in [5.41, 5.74) is 0.837. The van der Waals surface area contributed by atoms with Gasteiger partial charge in [0.1, 0.15) is 0 Å². The van der Waals surface area contributed by atoms with E-state index in [4.69, 9.17) is 5.11 Å². The number of rotatable bonds is 6. The van der Waals surface area contributed by atoms with E-state index in [1.165, 1.54) is 40.3 Å². The molecule has 23 heavy (non-hydrogen) atoms. The van der Waals surface area contributed by atoms with Gasteiger partial charge in [-0.3, -0.25) is 4.79 Å². The van der Waals surface area contributed by atoms with Gasteiger partial charge >= 0.3 is 5.97 Å². The van der Waals surface area contributed by atoms with Gasteiger partial charge in [-0.2, -0.15) is 4.68 Å². The van der Waals surface area contributed by atoms with Crippen LogP contribution in [0.4, 0.5) is 0 Å². The Morgan fingerprint density at radius 3 is 2.78 bits per heavy atom. The van der Waals surface area contributed by atoms with Crippen molar-refractivity contribution in [3.63, 3.8) is 0 Å². The number of allylic oxidation sites excluding steroid dienone is 1. The number of carbonyl (C=O) groups excluding carboxylic acids is 1. The predicted octanol–water partition coefficient (Wildman–Crippen LogP) is 2.04.